The number of benzene rings is 1. The Bertz CT molecular complexity index is 803. The summed E-state index contributed by atoms with van der Waals surface area (Å²) in [6, 6.07) is 8.79. The zero-order valence-corrected chi connectivity index (χ0v) is 17.5. The van der Waals surface area contributed by atoms with E-state index in [1.807, 2.05) is 12.1 Å². The van der Waals surface area contributed by atoms with Gasteiger partial charge in [0.15, 0.2) is 11.6 Å². The average molecular weight is 397 g/mol. The van der Waals surface area contributed by atoms with E-state index in [9.17, 15) is 0 Å². The van der Waals surface area contributed by atoms with Crippen molar-refractivity contribution in [3.05, 3.63) is 30.6 Å². The number of hydrogen-bond donors (Lipinski definition) is 1. The molecule has 2 N–H and O–H groups in total. The van der Waals surface area contributed by atoms with Crippen molar-refractivity contribution >= 4 is 23.0 Å². The molecule has 29 heavy (non-hydrogen) atoms. The molecular weight excluding hydrogens is 364 g/mol. The first-order valence-electron chi connectivity index (χ1n) is 10.7. The van der Waals surface area contributed by atoms with E-state index in [1.54, 1.807) is 13.4 Å². The van der Waals surface area contributed by atoms with Crippen molar-refractivity contribution in [3.63, 3.8) is 0 Å². The third-order valence-corrected chi connectivity index (χ3v) is 6.23. The second-order valence-electron chi connectivity index (χ2n) is 7.86. The highest BCUT2D eigenvalue weighted by atomic mass is 16.5. The first kappa shape index (κ1) is 19.6. The Hall–Kier alpha value is -2.70. The van der Waals surface area contributed by atoms with E-state index >= 15 is 0 Å². The fourth-order valence-electron chi connectivity index (χ4n) is 4.53. The predicted molar refractivity (Wildman–Crippen MR) is 119 cm³/mol. The van der Waals surface area contributed by atoms with Gasteiger partial charge in [-0.1, -0.05) is 6.92 Å². The van der Waals surface area contributed by atoms with Crippen molar-refractivity contribution in [1.29, 1.82) is 0 Å². The molecule has 4 rings (SSSR count). The van der Waals surface area contributed by atoms with Gasteiger partial charge in [0, 0.05) is 44.5 Å². The van der Waals surface area contributed by atoms with Crippen LogP contribution in [0.3, 0.4) is 0 Å². The van der Waals surface area contributed by atoms with Gasteiger partial charge in [0.05, 0.1) is 7.11 Å². The van der Waals surface area contributed by atoms with Crippen molar-refractivity contribution in [1.82, 2.24) is 9.97 Å². The molecule has 7 heteroatoms. The Morgan fingerprint density at radius 2 is 1.66 bits per heavy atom. The number of ether oxygens (including phenoxy) is 1. The van der Waals surface area contributed by atoms with Gasteiger partial charge in [-0.25, -0.2) is 9.97 Å². The van der Waals surface area contributed by atoms with Crippen LogP contribution in [0.2, 0.25) is 0 Å². The van der Waals surface area contributed by atoms with Crippen LogP contribution in [0.4, 0.5) is 23.0 Å². The standard InChI is InChI=1S/C22H32N6O/c1-3-17-6-4-5-11-28(17)22-20(23)21(24-16-25-22)27-14-12-26(13-15-27)18-7-9-19(29-2)10-8-18/h7-10,16-17H,3-6,11-15,23H2,1-2H3. The van der Waals surface area contributed by atoms with E-state index in [0.717, 1.165) is 62.2 Å². The summed E-state index contributed by atoms with van der Waals surface area (Å²) < 4.78 is 5.26. The van der Waals surface area contributed by atoms with Crippen molar-refractivity contribution in [2.75, 3.05) is 60.3 Å². The summed E-state index contributed by atoms with van der Waals surface area (Å²) in [5.41, 5.74) is 8.55. The smallest absolute Gasteiger partial charge is 0.157 e. The van der Waals surface area contributed by atoms with Crippen LogP contribution < -0.4 is 25.2 Å². The number of anilines is 4. The minimum absolute atomic E-state index is 0.528. The largest absolute Gasteiger partial charge is 0.497 e. The quantitative estimate of drug-likeness (QED) is 0.832. The maximum atomic E-state index is 6.60. The third-order valence-electron chi connectivity index (χ3n) is 6.23. The van der Waals surface area contributed by atoms with E-state index < -0.39 is 0 Å². The SMILES string of the molecule is CCC1CCCCN1c1ncnc(N2CCN(c3ccc(OC)cc3)CC2)c1N. The van der Waals surface area contributed by atoms with E-state index in [4.69, 9.17) is 10.5 Å². The van der Waals surface area contributed by atoms with Gasteiger partial charge in [-0.3, -0.25) is 0 Å². The summed E-state index contributed by atoms with van der Waals surface area (Å²) in [6.07, 6.45) is 6.52. The molecule has 0 spiro atoms. The highest BCUT2D eigenvalue weighted by Crippen LogP contribution is 2.34. The normalized spacial score (nSPS) is 20.1. The molecule has 7 nitrogen and oxygen atoms in total. The fourth-order valence-corrected chi connectivity index (χ4v) is 4.53. The maximum Gasteiger partial charge on any atom is 0.157 e. The van der Waals surface area contributed by atoms with Gasteiger partial charge in [-0.2, -0.15) is 0 Å². The monoisotopic (exact) mass is 396 g/mol. The van der Waals surface area contributed by atoms with E-state index in [2.05, 4.69) is 43.7 Å². The Morgan fingerprint density at radius 1 is 0.966 bits per heavy atom. The Balaban J connectivity index is 1.47. The first-order chi connectivity index (χ1) is 14.2. The van der Waals surface area contributed by atoms with Crippen LogP contribution in [0.5, 0.6) is 5.75 Å². The van der Waals surface area contributed by atoms with Crippen LogP contribution in [-0.2, 0) is 0 Å². The molecule has 0 bridgehead atoms. The Morgan fingerprint density at radius 3 is 2.34 bits per heavy atom. The molecule has 1 atom stereocenters. The predicted octanol–water partition coefficient (Wildman–Crippen LogP) is 3.16. The molecule has 2 aliphatic rings. The van der Waals surface area contributed by atoms with Gasteiger partial charge >= 0.3 is 0 Å². The van der Waals surface area contributed by atoms with E-state index in [0.29, 0.717) is 6.04 Å². The number of rotatable bonds is 5. The molecule has 0 radical (unpaired) electrons. The van der Waals surface area contributed by atoms with Gasteiger partial charge in [0.25, 0.3) is 0 Å². The lowest BCUT2D eigenvalue weighted by molar-refractivity contribution is 0.415. The molecule has 2 aliphatic heterocycles. The highest BCUT2D eigenvalue weighted by molar-refractivity contribution is 5.76. The molecule has 1 aromatic carbocycles. The summed E-state index contributed by atoms with van der Waals surface area (Å²) >= 11 is 0. The van der Waals surface area contributed by atoms with Gasteiger partial charge in [0.2, 0.25) is 0 Å². The highest BCUT2D eigenvalue weighted by Gasteiger charge is 2.27. The molecule has 2 fully saturated rings. The molecule has 0 amide bonds. The molecule has 0 saturated carbocycles. The van der Waals surface area contributed by atoms with Gasteiger partial charge in [0.1, 0.15) is 17.8 Å². The number of piperazine rings is 1. The van der Waals surface area contributed by atoms with Crippen molar-refractivity contribution < 1.29 is 4.74 Å². The lowest BCUT2D eigenvalue weighted by Crippen LogP contribution is -2.47. The topological polar surface area (TPSA) is 70.8 Å². The van der Waals surface area contributed by atoms with Gasteiger partial charge < -0.3 is 25.2 Å². The summed E-state index contributed by atoms with van der Waals surface area (Å²) in [5.74, 6) is 2.68. The molecule has 3 heterocycles. The molecule has 2 aromatic rings. The third kappa shape index (κ3) is 4.04. The fraction of sp³-hybridized carbons (Fsp3) is 0.545. The number of aromatic nitrogens is 2. The van der Waals surface area contributed by atoms with Gasteiger partial charge in [-0.05, 0) is 49.9 Å². The lowest BCUT2D eigenvalue weighted by Gasteiger charge is -2.39. The van der Waals surface area contributed by atoms with Crippen LogP contribution >= 0.6 is 0 Å². The Kier molecular flexibility index (Phi) is 5.92. The summed E-state index contributed by atoms with van der Waals surface area (Å²) in [4.78, 5) is 16.2. The number of nitrogens with zero attached hydrogens (tertiary/aromatic N) is 5. The van der Waals surface area contributed by atoms with E-state index in [-0.39, 0.29) is 0 Å². The second kappa shape index (κ2) is 8.76. The molecule has 156 valence electrons. The van der Waals surface area contributed by atoms with Crippen LogP contribution in [0.1, 0.15) is 32.6 Å². The summed E-state index contributed by atoms with van der Waals surface area (Å²) in [5, 5.41) is 0. The average Bonchev–Trinajstić information content (AvgIpc) is 2.79. The summed E-state index contributed by atoms with van der Waals surface area (Å²) in [7, 11) is 1.70. The van der Waals surface area contributed by atoms with Crippen LogP contribution in [0, 0.1) is 0 Å². The molecular formula is C22H32N6O. The van der Waals surface area contributed by atoms with Crippen LogP contribution in [0.15, 0.2) is 30.6 Å². The molecule has 0 aliphatic carbocycles. The van der Waals surface area contributed by atoms with E-state index in [1.165, 1.54) is 24.9 Å². The zero-order valence-electron chi connectivity index (χ0n) is 17.5. The number of methoxy groups -OCH3 is 1. The number of nitrogens with two attached hydrogens (primary N) is 1. The minimum Gasteiger partial charge on any atom is -0.497 e. The maximum absolute atomic E-state index is 6.60. The summed E-state index contributed by atoms with van der Waals surface area (Å²) in [6.45, 7) is 6.94. The van der Waals surface area contributed by atoms with Crippen LogP contribution in [0.25, 0.3) is 0 Å². The van der Waals surface area contributed by atoms with Crippen molar-refractivity contribution in [3.8, 4) is 5.75 Å². The number of piperidine rings is 1. The molecule has 1 aromatic heterocycles. The van der Waals surface area contributed by atoms with Gasteiger partial charge in [-0.15, -0.1) is 0 Å². The zero-order chi connectivity index (χ0) is 20.2. The first-order valence-corrected chi connectivity index (χ1v) is 10.7. The second-order valence-corrected chi connectivity index (χ2v) is 7.86. The van der Waals surface area contributed by atoms with Crippen molar-refractivity contribution in [2.45, 2.75) is 38.6 Å². The molecule has 1 unspecified atom stereocenters. The number of hydrogen-bond acceptors (Lipinski definition) is 7. The lowest BCUT2D eigenvalue weighted by atomic mass is 10.00. The Labute approximate surface area is 173 Å². The number of nitrogen functional groups attached to an aromatic ring is 1. The minimum atomic E-state index is 0.528. The van der Waals surface area contributed by atoms with Crippen molar-refractivity contribution in [2.24, 2.45) is 0 Å². The molecule has 2 saturated heterocycles. The van der Waals surface area contributed by atoms with Crippen LogP contribution in [-0.4, -0.2) is 55.8 Å².